The summed E-state index contributed by atoms with van der Waals surface area (Å²) in [6, 6.07) is 21.6. The molecule has 0 nitrogen and oxygen atoms in total. The topological polar surface area (TPSA) is 0 Å². The zero-order valence-electron chi connectivity index (χ0n) is 11.2. The third-order valence-corrected chi connectivity index (χ3v) is 5.28. The Morgan fingerprint density at radius 2 is 1.32 bits per heavy atom. The molecule has 0 saturated carbocycles. The van der Waals surface area contributed by atoms with Crippen LogP contribution in [-0.4, -0.2) is 6.16 Å². The fourth-order valence-corrected chi connectivity index (χ4v) is 4.05. The molecule has 0 fully saturated rings. The van der Waals surface area contributed by atoms with E-state index in [4.69, 9.17) is 0 Å². The van der Waals surface area contributed by atoms with Gasteiger partial charge in [-0.25, -0.2) is 0 Å². The highest BCUT2D eigenvalue weighted by Crippen LogP contribution is 2.33. The second kappa shape index (κ2) is 7.71. The molecule has 0 N–H and O–H groups in total. The summed E-state index contributed by atoms with van der Waals surface area (Å²) in [5.74, 6) is 0. The molecule has 0 spiro atoms. The summed E-state index contributed by atoms with van der Waals surface area (Å²) in [5, 5.41) is 2.88. The van der Waals surface area contributed by atoms with E-state index in [0.717, 1.165) is 6.16 Å². The van der Waals surface area contributed by atoms with Gasteiger partial charge in [-0.2, -0.15) is 0 Å². The van der Waals surface area contributed by atoms with Gasteiger partial charge in [0.1, 0.15) is 0 Å². The Morgan fingerprint density at radius 3 is 1.79 bits per heavy atom. The lowest BCUT2D eigenvalue weighted by atomic mass is 10.4. The van der Waals surface area contributed by atoms with Crippen LogP contribution >= 0.6 is 7.92 Å². The molecule has 1 heteroatoms. The van der Waals surface area contributed by atoms with Gasteiger partial charge in [0.2, 0.25) is 0 Å². The molecule has 0 aliphatic carbocycles. The van der Waals surface area contributed by atoms with Crippen LogP contribution in [0.1, 0.15) is 6.92 Å². The first kappa shape index (κ1) is 13.8. The van der Waals surface area contributed by atoms with Gasteiger partial charge in [-0.3, -0.25) is 0 Å². The van der Waals surface area contributed by atoms with Crippen molar-refractivity contribution >= 4 is 18.5 Å². The number of hydrogen-bond acceptors (Lipinski definition) is 0. The third-order valence-electron chi connectivity index (χ3n) is 2.86. The van der Waals surface area contributed by atoms with Crippen molar-refractivity contribution in [1.82, 2.24) is 0 Å². The molecule has 2 aromatic rings. The first-order valence-corrected chi connectivity index (χ1v) is 8.10. The van der Waals surface area contributed by atoms with Gasteiger partial charge < -0.3 is 0 Å². The Kier molecular flexibility index (Phi) is 5.59. The van der Waals surface area contributed by atoms with Gasteiger partial charge in [0.15, 0.2) is 0 Å². The van der Waals surface area contributed by atoms with Gasteiger partial charge in [0.25, 0.3) is 0 Å². The Balaban J connectivity index is 2.24. The molecule has 0 aliphatic heterocycles. The molecule has 2 rings (SSSR count). The number of benzene rings is 2. The highest BCUT2D eigenvalue weighted by atomic mass is 31.1. The molecule has 0 heterocycles. The number of allylic oxidation sites excluding steroid dienone is 4. The lowest BCUT2D eigenvalue weighted by Crippen LogP contribution is -2.12. The van der Waals surface area contributed by atoms with Crippen molar-refractivity contribution in [2.75, 3.05) is 6.16 Å². The van der Waals surface area contributed by atoms with Crippen LogP contribution in [0.25, 0.3) is 0 Å². The molecular formula is C18H19P. The van der Waals surface area contributed by atoms with E-state index in [0.29, 0.717) is 0 Å². The van der Waals surface area contributed by atoms with E-state index < -0.39 is 0 Å². The van der Waals surface area contributed by atoms with Crippen molar-refractivity contribution in [3.05, 3.63) is 85.0 Å². The summed E-state index contributed by atoms with van der Waals surface area (Å²) in [6.07, 6.45) is 9.65. The maximum atomic E-state index is 2.27. The monoisotopic (exact) mass is 266 g/mol. The Hall–Kier alpha value is -1.65. The molecule has 0 radical (unpaired) electrons. The van der Waals surface area contributed by atoms with Gasteiger partial charge in [0.05, 0.1) is 0 Å². The van der Waals surface area contributed by atoms with Gasteiger partial charge in [-0.15, -0.1) is 0 Å². The molecule has 0 bridgehead atoms. The minimum atomic E-state index is -0.288. The summed E-state index contributed by atoms with van der Waals surface area (Å²) < 4.78 is 0. The maximum absolute atomic E-state index is 2.27. The molecule has 0 unspecified atom stereocenters. The van der Waals surface area contributed by atoms with Crippen molar-refractivity contribution in [2.24, 2.45) is 0 Å². The van der Waals surface area contributed by atoms with Crippen LogP contribution in [0.4, 0.5) is 0 Å². The van der Waals surface area contributed by atoms with Gasteiger partial charge in [0, 0.05) is 0 Å². The second-order valence-corrected chi connectivity index (χ2v) is 6.49. The Morgan fingerprint density at radius 1 is 0.789 bits per heavy atom. The van der Waals surface area contributed by atoms with Crippen LogP contribution in [0.5, 0.6) is 0 Å². The third kappa shape index (κ3) is 4.19. The number of hydrogen-bond donors (Lipinski definition) is 0. The highest BCUT2D eigenvalue weighted by molar-refractivity contribution is 7.73. The van der Waals surface area contributed by atoms with E-state index in [1.807, 2.05) is 6.92 Å². The first-order valence-electron chi connectivity index (χ1n) is 6.57. The van der Waals surface area contributed by atoms with Crippen molar-refractivity contribution in [1.29, 1.82) is 0 Å². The molecule has 0 aliphatic rings. The van der Waals surface area contributed by atoms with Gasteiger partial charge >= 0.3 is 0 Å². The quantitative estimate of drug-likeness (QED) is 0.560. The fraction of sp³-hybridized carbons (Fsp3) is 0.111. The lowest BCUT2D eigenvalue weighted by molar-refractivity contribution is 1.67. The van der Waals surface area contributed by atoms with Crippen LogP contribution < -0.4 is 10.6 Å². The normalized spacial score (nSPS) is 11.7. The predicted octanol–water partition coefficient (Wildman–Crippen LogP) is 4.25. The van der Waals surface area contributed by atoms with Crippen LogP contribution in [0.2, 0.25) is 0 Å². The lowest BCUT2D eigenvalue weighted by Gasteiger charge is -2.16. The second-order valence-electron chi connectivity index (χ2n) is 4.24. The van der Waals surface area contributed by atoms with Crippen LogP contribution in [0.3, 0.4) is 0 Å². The first-order chi connectivity index (χ1) is 9.42. The van der Waals surface area contributed by atoms with Gasteiger partial charge in [-0.1, -0.05) is 85.0 Å². The molecular weight excluding hydrogens is 247 g/mol. The Bertz CT molecular complexity index is 487. The predicted molar refractivity (Wildman–Crippen MR) is 87.9 cm³/mol. The standard InChI is InChI=1S/C18H19P/c1-2-3-4-11-16-19(17-12-7-5-8-13-17)18-14-9-6-10-15-18/h2-15H,16H2,1H3/b3-2-,11-4-. The average Bonchev–Trinajstić information content (AvgIpc) is 2.49. The summed E-state index contributed by atoms with van der Waals surface area (Å²) in [7, 11) is -0.288. The zero-order valence-corrected chi connectivity index (χ0v) is 12.1. The maximum Gasteiger partial charge on any atom is -0.00611 e. The zero-order chi connectivity index (χ0) is 13.3. The summed E-state index contributed by atoms with van der Waals surface area (Å²) in [4.78, 5) is 0. The van der Waals surface area contributed by atoms with E-state index in [-0.39, 0.29) is 7.92 Å². The molecule has 0 saturated heterocycles. The molecule has 2 aromatic carbocycles. The van der Waals surface area contributed by atoms with E-state index >= 15 is 0 Å². The van der Waals surface area contributed by atoms with Crippen molar-refractivity contribution in [3.8, 4) is 0 Å². The fourth-order valence-electron chi connectivity index (χ4n) is 1.93. The Labute approximate surface area is 117 Å². The molecule has 96 valence electrons. The van der Waals surface area contributed by atoms with E-state index in [2.05, 4.69) is 85.0 Å². The minimum absolute atomic E-state index is 0.288. The van der Waals surface area contributed by atoms with Crippen molar-refractivity contribution in [2.45, 2.75) is 6.92 Å². The van der Waals surface area contributed by atoms with Crippen LogP contribution in [-0.2, 0) is 0 Å². The summed E-state index contributed by atoms with van der Waals surface area (Å²) in [6.45, 7) is 2.04. The summed E-state index contributed by atoms with van der Waals surface area (Å²) in [5.41, 5.74) is 0. The van der Waals surface area contributed by atoms with E-state index in [1.54, 1.807) is 0 Å². The highest BCUT2D eigenvalue weighted by Gasteiger charge is 2.10. The SMILES string of the molecule is C/C=C\C=C/CP(c1ccccc1)c1ccccc1. The summed E-state index contributed by atoms with van der Waals surface area (Å²) >= 11 is 0. The van der Waals surface area contributed by atoms with Gasteiger partial charge in [-0.05, 0) is 31.6 Å². The smallest absolute Gasteiger partial charge is 0.00611 e. The minimum Gasteiger partial charge on any atom is -0.0877 e. The largest absolute Gasteiger partial charge is 0.0877 e. The van der Waals surface area contributed by atoms with Crippen molar-refractivity contribution in [3.63, 3.8) is 0 Å². The van der Waals surface area contributed by atoms with Crippen LogP contribution in [0, 0.1) is 0 Å². The molecule has 0 aromatic heterocycles. The average molecular weight is 266 g/mol. The van der Waals surface area contributed by atoms with Crippen molar-refractivity contribution < 1.29 is 0 Å². The van der Waals surface area contributed by atoms with E-state index in [9.17, 15) is 0 Å². The van der Waals surface area contributed by atoms with E-state index in [1.165, 1.54) is 10.6 Å². The molecule has 19 heavy (non-hydrogen) atoms. The number of rotatable bonds is 5. The molecule has 0 amide bonds. The molecule has 0 atom stereocenters. The van der Waals surface area contributed by atoms with Crippen LogP contribution in [0.15, 0.2) is 85.0 Å².